The summed E-state index contributed by atoms with van der Waals surface area (Å²) < 4.78 is 0. The zero-order valence-corrected chi connectivity index (χ0v) is 7.92. The molecule has 72 valence electrons. The summed E-state index contributed by atoms with van der Waals surface area (Å²) in [4.78, 5) is 33.5. The summed E-state index contributed by atoms with van der Waals surface area (Å²) in [6, 6.07) is 0. The molecule has 0 aromatic rings. The highest BCUT2D eigenvalue weighted by Gasteiger charge is 2.37. The molecule has 2 rings (SSSR count). The summed E-state index contributed by atoms with van der Waals surface area (Å²) in [5.74, 6) is -0.0271. The maximum absolute atomic E-state index is 11.5. The lowest BCUT2D eigenvalue weighted by Gasteiger charge is -2.04. The Kier molecular flexibility index (Phi) is 1.95. The van der Waals surface area contributed by atoms with Crippen molar-refractivity contribution >= 4 is 17.3 Å². The molecule has 0 radical (unpaired) electrons. The average molecular weight is 190 g/mol. The smallest absolute Gasteiger partial charge is 0.185 e. The Hall–Kier alpha value is -1.51. The Morgan fingerprint density at radius 3 is 2.71 bits per heavy atom. The van der Waals surface area contributed by atoms with Crippen LogP contribution in [0.3, 0.4) is 0 Å². The molecule has 0 aromatic heterocycles. The van der Waals surface area contributed by atoms with Gasteiger partial charge in [0.1, 0.15) is 5.78 Å². The second kappa shape index (κ2) is 3.01. The minimum atomic E-state index is -0.0434. The molecule has 0 saturated heterocycles. The Morgan fingerprint density at radius 2 is 2.07 bits per heavy atom. The van der Waals surface area contributed by atoms with Crippen LogP contribution in [0.4, 0.5) is 0 Å². The molecule has 0 spiro atoms. The van der Waals surface area contributed by atoms with Gasteiger partial charge in [-0.15, -0.1) is 0 Å². The molecule has 0 aromatic carbocycles. The van der Waals surface area contributed by atoms with Gasteiger partial charge in [-0.1, -0.05) is 0 Å². The van der Waals surface area contributed by atoms with Crippen molar-refractivity contribution < 1.29 is 14.4 Å². The summed E-state index contributed by atoms with van der Waals surface area (Å²) in [6.45, 7) is 1.48. The van der Waals surface area contributed by atoms with Gasteiger partial charge in [0.05, 0.1) is 0 Å². The lowest BCUT2D eigenvalue weighted by Crippen LogP contribution is -2.08. The molecule has 0 bridgehead atoms. The van der Waals surface area contributed by atoms with E-state index < -0.39 is 0 Å². The summed E-state index contributed by atoms with van der Waals surface area (Å²) in [6.07, 6.45) is 2.68. The van der Waals surface area contributed by atoms with E-state index in [-0.39, 0.29) is 17.3 Å². The molecule has 14 heavy (non-hydrogen) atoms. The molecular weight excluding hydrogens is 180 g/mol. The molecule has 2 aliphatic rings. The molecule has 2 aliphatic carbocycles. The Bertz CT molecular complexity index is 410. The summed E-state index contributed by atoms with van der Waals surface area (Å²) in [5.41, 5.74) is 1.83. The number of hydrogen-bond acceptors (Lipinski definition) is 3. The number of allylic oxidation sites excluding steroid dienone is 4. The first kappa shape index (κ1) is 9.06. The van der Waals surface area contributed by atoms with E-state index in [9.17, 15) is 14.4 Å². The van der Waals surface area contributed by atoms with Crippen LogP contribution >= 0.6 is 0 Å². The SMILES string of the molecule is CC(=O)CCC1=CC(=O)C2=C(C2)C1=O. The lowest BCUT2D eigenvalue weighted by atomic mass is 9.98. The third kappa shape index (κ3) is 1.45. The fourth-order valence-corrected chi connectivity index (χ4v) is 1.59. The van der Waals surface area contributed by atoms with Gasteiger partial charge in [0.25, 0.3) is 0 Å². The highest BCUT2D eigenvalue weighted by Crippen LogP contribution is 2.38. The fraction of sp³-hybridized carbons (Fsp3) is 0.364. The van der Waals surface area contributed by atoms with Crippen LogP contribution in [0.5, 0.6) is 0 Å². The van der Waals surface area contributed by atoms with Crippen LogP contribution < -0.4 is 0 Å². The van der Waals surface area contributed by atoms with Gasteiger partial charge in [0.15, 0.2) is 11.6 Å². The largest absolute Gasteiger partial charge is 0.300 e. The summed E-state index contributed by atoms with van der Waals surface area (Å²) in [7, 11) is 0. The molecule has 0 amide bonds. The van der Waals surface area contributed by atoms with E-state index in [2.05, 4.69) is 0 Å². The van der Waals surface area contributed by atoms with E-state index >= 15 is 0 Å². The molecule has 0 N–H and O–H groups in total. The number of rotatable bonds is 3. The minimum Gasteiger partial charge on any atom is -0.300 e. The van der Waals surface area contributed by atoms with E-state index in [0.29, 0.717) is 36.0 Å². The molecule has 3 heteroatoms. The highest BCUT2D eigenvalue weighted by atomic mass is 16.1. The maximum atomic E-state index is 11.5. The van der Waals surface area contributed by atoms with E-state index in [1.807, 2.05) is 0 Å². The number of ketones is 3. The van der Waals surface area contributed by atoms with Gasteiger partial charge in [-0.3, -0.25) is 9.59 Å². The Morgan fingerprint density at radius 1 is 1.36 bits per heavy atom. The van der Waals surface area contributed by atoms with Crippen LogP contribution in [0.1, 0.15) is 26.2 Å². The number of carbonyl (C=O) groups excluding carboxylic acids is 3. The van der Waals surface area contributed by atoms with Crippen LogP contribution in [0.2, 0.25) is 0 Å². The second-order valence-corrected chi connectivity index (χ2v) is 3.70. The lowest BCUT2D eigenvalue weighted by molar-refractivity contribution is -0.117. The van der Waals surface area contributed by atoms with Crippen molar-refractivity contribution in [1.29, 1.82) is 0 Å². The quantitative estimate of drug-likeness (QED) is 0.627. The van der Waals surface area contributed by atoms with Crippen LogP contribution in [0, 0.1) is 0 Å². The Labute approximate surface area is 81.5 Å². The third-order valence-electron chi connectivity index (χ3n) is 2.51. The fourth-order valence-electron chi connectivity index (χ4n) is 1.59. The van der Waals surface area contributed by atoms with E-state index in [0.717, 1.165) is 0 Å². The van der Waals surface area contributed by atoms with Crippen molar-refractivity contribution in [2.45, 2.75) is 26.2 Å². The summed E-state index contributed by atoms with van der Waals surface area (Å²) in [5, 5.41) is 0. The van der Waals surface area contributed by atoms with Crippen molar-refractivity contribution in [1.82, 2.24) is 0 Å². The van der Waals surface area contributed by atoms with Crippen molar-refractivity contribution in [2.75, 3.05) is 0 Å². The maximum Gasteiger partial charge on any atom is 0.185 e. The molecular formula is C11H10O3. The van der Waals surface area contributed by atoms with Gasteiger partial charge in [0.2, 0.25) is 0 Å². The first-order valence-corrected chi connectivity index (χ1v) is 4.60. The normalized spacial score (nSPS) is 19.4. The van der Waals surface area contributed by atoms with Crippen LogP contribution in [-0.4, -0.2) is 17.3 Å². The topological polar surface area (TPSA) is 51.2 Å². The predicted molar refractivity (Wildman–Crippen MR) is 49.7 cm³/mol. The molecule has 0 aliphatic heterocycles. The van der Waals surface area contributed by atoms with Crippen LogP contribution in [-0.2, 0) is 14.4 Å². The first-order chi connectivity index (χ1) is 6.59. The zero-order valence-electron chi connectivity index (χ0n) is 7.92. The molecule has 0 atom stereocenters. The number of hydrogen-bond donors (Lipinski definition) is 0. The van der Waals surface area contributed by atoms with Gasteiger partial charge in [-0.05, 0) is 19.4 Å². The molecule has 0 fully saturated rings. The third-order valence-corrected chi connectivity index (χ3v) is 2.51. The van der Waals surface area contributed by atoms with Crippen LogP contribution in [0.25, 0.3) is 0 Å². The number of carbonyl (C=O) groups is 3. The van der Waals surface area contributed by atoms with Gasteiger partial charge in [-0.2, -0.15) is 0 Å². The summed E-state index contributed by atoms with van der Waals surface area (Å²) >= 11 is 0. The first-order valence-electron chi connectivity index (χ1n) is 4.60. The zero-order chi connectivity index (χ0) is 10.3. The molecule has 3 nitrogen and oxygen atoms in total. The van der Waals surface area contributed by atoms with Crippen molar-refractivity contribution in [2.24, 2.45) is 0 Å². The van der Waals surface area contributed by atoms with Gasteiger partial charge in [-0.25, -0.2) is 0 Å². The van der Waals surface area contributed by atoms with Crippen LogP contribution in [0.15, 0.2) is 22.8 Å². The average Bonchev–Trinajstić information content (AvgIpc) is 2.88. The van der Waals surface area contributed by atoms with Gasteiger partial charge < -0.3 is 4.79 Å². The minimum absolute atomic E-state index is 0.0270. The second-order valence-electron chi connectivity index (χ2n) is 3.70. The van der Waals surface area contributed by atoms with Crippen molar-refractivity contribution in [3.63, 3.8) is 0 Å². The van der Waals surface area contributed by atoms with Gasteiger partial charge >= 0.3 is 0 Å². The van der Waals surface area contributed by atoms with Gasteiger partial charge in [0, 0.05) is 29.6 Å². The number of Topliss-reactive ketones (excluding diaryl/α,β-unsaturated/α-hetero) is 2. The standard InChI is InChI=1S/C11H10O3/c1-6(12)2-3-7-4-10(13)8-5-9(8)11(7)14/h4H,2-3,5H2,1H3. The highest BCUT2D eigenvalue weighted by molar-refractivity contribution is 6.28. The van der Waals surface area contributed by atoms with E-state index in [4.69, 9.17) is 0 Å². The predicted octanol–water partition coefficient (Wildman–Crippen LogP) is 1.13. The monoisotopic (exact) mass is 190 g/mol. The van der Waals surface area contributed by atoms with E-state index in [1.54, 1.807) is 0 Å². The molecule has 0 saturated carbocycles. The Balaban J connectivity index is 2.09. The van der Waals surface area contributed by atoms with Crippen molar-refractivity contribution in [3.05, 3.63) is 22.8 Å². The van der Waals surface area contributed by atoms with Crippen molar-refractivity contribution in [3.8, 4) is 0 Å². The molecule has 0 unspecified atom stereocenters. The van der Waals surface area contributed by atoms with E-state index in [1.165, 1.54) is 13.0 Å². The molecule has 0 heterocycles.